The minimum Gasteiger partial charge on any atom is -0.0622 e. The van der Waals surface area contributed by atoms with Crippen LogP contribution in [0, 0.1) is 0 Å². The normalized spacial score (nSPS) is 9.00. The summed E-state index contributed by atoms with van der Waals surface area (Å²) in [5.41, 5.74) is 1.27. The molecule has 0 nitrogen and oxygen atoms in total. The molecule has 2 heteroatoms. The molecule has 0 fully saturated rings. The summed E-state index contributed by atoms with van der Waals surface area (Å²) in [4.78, 5) is 0. The zero-order chi connectivity index (χ0) is 7.40. The average Bonchev–Trinajstić information content (AvgIpc) is 1.88. The van der Waals surface area contributed by atoms with Gasteiger partial charge in [-0.3, -0.25) is 0 Å². The van der Waals surface area contributed by atoms with Crippen LogP contribution in [0.25, 0.3) is 6.08 Å². The maximum atomic E-state index is 2.29. The molecule has 0 saturated heterocycles. The van der Waals surface area contributed by atoms with Crippen molar-refractivity contribution in [3.05, 3.63) is 37.5 Å². The summed E-state index contributed by atoms with van der Waals surface area (Å²) < 4.78 is 1.28. The molecule has 10 heavy (non-hydrogen) atoms. The molecule has 0 N–H and O–H groups in total. The van der Waals surface area contributed by atoms with E-state index < -0.39 is 0 Å². The van der Waals surface area contributed by atoms with E-state index in [0.29, 0.717) is 0 Å². The van der Waals surface area contributed by atoms with Crippen LogP contribution in [-0.4, -0.2) is 0 Å². The zero-order valence-electron chi connectivity index (χ0n) is 5.22. The minimum atomic E-state index is 1.27. The molecule has 0 amide bonds. The van der Waals surface area contributed by atoms with Crippen molar-refractivity contribution in [1.82, 2.24) is 0 Å². The zero-order valence-corrected chi connectivity index (χ0v) is 9.54. The van der Waals surface area contributed by atoms with E-state index in [2.05, 4.69) is 63.4 Å². The molecule has 0 bridgehead atoms. The molecule has 52 valence electrons. The number of benzene rings is 1. The molecule has 1 aromatic carbocycles. The van der Waals surface area contributed by atoms with Crippen LogP contribution < -0.4 is 0 Å². The van der Waals surface area contributed by atoms with Gasteiger partial charge in [0.25, 0.3) is 0 Å². The van der Waals surface area contributed by atoms with E-state index in [9.17, 15) is 0 Å². The Bertz CT molecular complexity index is 222. The molecule has 0 aliphatic heterocycles. The molecular weight excluding hydrogens is 350 g/mol. The Morgan fingerprint density at radius 3 is 2.20 bits per heavy atom. The fraction of sp³-hybridized carbons (Fsp3) is 0. The third-order valence-electron chi connectivity index (χ3n) is 1.08. The van der Waals surface area contributed by atoms with Crippen LogP contribution in [0.4, 0.5) is 0 Å². The van der Waals surface area contributed by atoms with Crippen LogP contribution in [0.5, 0.6) is 0 Å². The van der Waals surface area contributed by atoms with Crippen molar-refractivity contribution in [2.24, 2.45) is 0 Å². The Labute approximate surface area is 88.0 Å². The van der Waals surface area contributed by atoms with E-state index in [1.165, 1.54) is 7.15 Å². The van der Waals surface area contributed by atoms with Crippen LogP contribution in [0.3, 0.4) is 0 Å². The second-order valence-corrected chi connectivity index (χ2v) is 6.23. The number of hydrogen-bond acceptors (Lipinski definition) is 0. The largest absolute Gasteiger partial charge is 0.0622 e. The van der Waals surface area contributed by atoms with Crippen LogP contribution in [-0.2, 0) is 0 Å². The van der Waals surface area contributed by atoms with E-state index in [-0.39, 0.29) is 0 Å². The van der Waals surface area contributed by atoms with Gasteiger partial charge in [0.2, 0.25) is 0 Å². The van der Waals surface area contributed by atoms with Crippen LogP contribution >= 0.6 is 45.2 Å². The Kier molecular flexibility index (Phi) is 3.69. The van der Waals surface area contributed by atoms with Crippen molar-refractivity contribution in [3.8, 4) is 0 Å². The van der Waals surface area contributed by atoms with Gasteiger partial charge in [0.15, 0.2) is 0 Å². The summed E-state index contributed by atoms with van der Waals surface area (Å²) in [6.07, 6.45) is 2.14. The van der Waals surface area contributed by atoms with Gasteiger partial charge in [-0.2, -0.15) is 0 Å². The molecule has 1 rings (SSSR count). The van der Waals surface area contributed by atoms with Crippen molar-refractivity contribution in [2.45, 2.75) is 0 Å². The first-order chi connectivity index (χ1) is 4.79. The highest BCUT2D eigenvalue weighted by molar-refractivity contribution is 14.2. The SMILES string of the molecule is IC(I)=Cc1ccccc1. The fourth-order valence-electron chi connectivity index (χ4n) is 0.675. The molecule has 0 saturated carbocycles. The van der Waals surface area contributed by atoms with Gasteiger partial charge in [0.05, 0.1) is 1.59 Å². The number of rotatable bonds is 1. The molecule has 0 unspecified atom stereocenters. The summed E-state index contributed by atoms with van der Waals surface area (Å²) in [5.74, 6) is 0. The highest BCUT2D eigenvalue weighted by Crippen LogP contribution is 2.18. The maximum absolute atomic E-state index is 2.29. The average molecular weight is 356 g/mol. The summed E-state index contributed by atoms with van der Waals surface area (Å²) in [6.45, 7) is 0. The predicted octanol–water partition coefficient (Wildman–Crippen LogP) is 3.86. The molecule has 0 aromatic heterocycles. The third kappa shape index (κ3) is 3.01. The van der Waals surface area contributed by atoms with Gasteiger partial charge in [-0.25, -0.2) is 0 Å². The van der Waals surface area contributed by atoms with Crippen LogP contribution in [0.1, 0.15) is 5.56 Å². The second-order valence-electron chi connectivity index (χ2n) is 1.84. The molecular formula is C8H6I2. The smallest absolute Gasteiger partial charge is 0.0520 e. The Morgan fingerprint density at radius 2 is 1.70 bits per heavy atom. The Morgan fingerprint density at radius 1 is 1.10 bits per heavy atom. The Hall–Kier alpha value is 0.420. The van der Waals surface area contributed by atoms with Crippen molar-refractivity contribution in [2.75, 3.05) is 0 Å². The van der Waals surface area contributed by atoms with E-state index in [0.717, 1.165) is 0 Å². The first-order valence-corrected chi connectivity index (χ1v) is 5.02. The number of halogens is 2. The van der Waals surface area contributed by atoms with Gasteiger partial charge >= 0.3 is 0 Å². The molecule has 0 aliphatic rings. The minimum absolute atomic E-state index is 1.27. The van der Waals surface area contributed by atoms with Gasteiger partial charge in [0.1, 0.15) is 0 Å². The van der Waals surface area contributed by atoms with Crippen LogP contribution in [0.2, 0.25) is 0 Å². The van der Waals surface area contributed by atoms with Gasteiger partial charge in [-0.05, 0) is 56.8 Å². The van der Waals surface area contributed by atoms with Crippen LogP contribution in [0.15, 0.2) is 31.9 Å². The topological polar surface area (TPSA) is 0 Å². The summed E-state index contributed by atoms with van der Waals surface area (Å²) in [5, 5.41) is 0. The maximum Gasteiger partial charge on any atom is 0.0520 e. The molecule has 1 aromatic rings. The third-order valence-corrected chi connectivity index (χ3v) is 1.70. The van der Waals surface area contributed by atoms with Gasteiger partial charge < -0.3 is 0 Å². The number of hydrogen-bond donors (Lipinski definition) is 0. The first-order valence-electron chi connectivity index (χ1n) is 2.87. The van der Waals surface area contributed by atoms with Gasteiger partial charge in [-0.15, -0.1) is 0 Å². The molecule has 0 heterocycles. The van der Waals surface area contributed by atoms with Gasteiger partial charge in [0, 0.05) is 0 Å². The van der Waals surface area contributed by atoms with E-state index in [1.807, 2.05) is 18.2 Å². The predicted molar refractivity (Wildman–Crippen MR) is 62.5 cm³/mol. The summed E-state index contributed by atoms with van der Waals surface area (Å²) >= 11 is 4.59. The molecule has 0 spiro atoms. The lowest BCUT2D eigenvalue weighted by molar-refractivity contribution is 1.67. The Balaban J connectivity index is 2.87. The van der Waals surface area contributed by atoms with E-state index in [1.54, 1.807) is 0 Å². The molecule has 0 radical (unpaired) electrons. The van der Waals surface area contributed by atoms with Crippen molar-refractivity contribution < 1.29 is 0 Å². The highest BCUT2D eigenvalue weighted by atomic mass is 127. The highest BCUT2D eigenvalue weighted by Gasteiger charge is 1.84. The van der Waals surface area contributed by atoms with E-state index >= 15 is 0 Å². The lowest BCUT2D eigenvalue weighted by atomic mass is 10.2. The monoisotopic (exact) mass is 356 g/mol. The lowest BCUT2D eigenvalue weighted by Gasteiger charge is -1.89. The first kappa shape index (κ1) is 8.52. The quantitative estimate of drug-likeness (QED) is 0.671. The van der Waals surface area contributed by atoms with Crippen molar-refractivity contribution >= 4 is 51.3 Å². The second kappa shape index (κ2) is 4.33. The van der Waals surface area contributed by atoms with Crippen molar-refractivity contribution in [1.29, 1.82) is 0 Å². The fourth-order valence-corrected chi connectivity index (χ4v) is 1.39. The molecule has 0 atom stereocenters. The molecule has 0 aliphatic carbocycles. The van der Waals surface area contributed by atoms with Crippen molar-refractivity contribution in [3.63, 3.8) is 0 Å². The van der Waals surface area contributed by atoms with E-state index in [4.69, 9.17) is 0 Å². The summed E-state index contributed by atoms with van der Waals surface area (Å²) in [6, 6.07) is 10.3. The van der Waals surface area contributed by atoms with Gasteiger partial charge in [-0.1, -0.05) is 30.3 Å². The standard InChI is InChI=1S/C8H6I2/c9-8(10)6-7-4-2-1-3-5-7/h1-6H. The lowest BCUT2D eigenvalue weighted by Crippen LogP contribution is -1.66. The summed E-state index contributed by atoms with van der Waals surface area (Å²) in [7, 11) is 0.